The van der Waals surface area contributed by atoms with Gasteiger partial charge in [0.15, 0.2) is 0 Å². The van der Waals surface area contributed by atoms with Crippen molar-refractivity contribution in [3.8, 4) is 0 Å². The number of hydrogen-bond donors (Lipinski definition) is 1. The van der Waals surface area contributed by atoms with E-state index in [1.54, 1.807) is 9.80 Å². The first-order valence-electron chi connectivity index (χ1n) is 9.04. The molecule has 0 spiro atoms. The van der Waals surface area contributed by atoms with Crippen LogP contribution in [0.1, 0.15) is 23.5 Å². The number of ether oxygens (including phenoxy) is 1. The third kappa shape index (κ3) is 3.52. The smallest absolute Gasteiger partial charge is 0.366 e. The quantitative estimate of drug-likeness (QED) is 0.732. The van der Waals surface area contributed by atoms with Gasteiger partial charge in [0, 0.05) is 32.1 Å². The molecule has 0 saturated carbocycles. The van der Waals surface area contributed by atoms with Crippen LogP contribution in [-0.2, 0) is 15.7 Å². The zero-order chi connectivity index (χ0) is 20.1. The molecule has 1 N–H and O–H groups in total. The van der Waals surface area contributed by atoms with Gasteiger partial charge in [-0.25, -0.2) is 9.18 Å². The fraction of sp³-hybridized carbons (Fsp3) is 0.556. The molecule has 3 amide bonds. The van der Waals surface area contributed by atoms with E-state index >= 15 is 0 Å². The maximum atomic E-state index is 13.7. The Morgan fingerprint density at radius 1 is 1.18 bits per heavy atom. The molecule has 0 unspecified atom stereocenters. The van der Waals surface area contributed by atoms with E-state index in [2.05, 4.69) is 5.32 Å². The van der Waals surface area contributed by atoms with Crippen molar-refractivity contribution in [3.63, 3.8) is 0 Å². The number of nitrogens with zero attached hydrogens (tertiary/aromatic N) is 2. The zero-order valence-corrected chi connectivity index (χ0v) is 14.8. The zero-order valence-electron chi connectivity index (χ0n) is 14.8. The van der Waals surface area contributed by atoms with E-state index in [0.29, 0.717) is 38.2 Å². The summed E-state index contributed by atoms with van der Waals surface area (Å²) in [4.78, 5) is 27.3. The van der Waals surface area contributed by atoms with Gasteiger partial charge in [-0.1, -0.05) is 6.07 Å². The van der Waals surface area contributed by atoms with Crippen molar-refractivity contribution in [1.29, 1.82) is 0 Å². The molecule has 6 nitrogen and oxygen atoms in total. The summed E-state index contributed by atoms with van der Waals surface area (Å²) in [6, 6.07) is 2.47. The minimum atomic E-state index is -4.73. The van der Waals surface area contributed by atoms with Crippen molar-refractivity contribution in [3.05, 3.63) is 35.1 Å². The lowest BCUT2D eigenvalue weighted by Crippen LogP contribution is -2.63. The molecule has 4 rings (SSSR count). The maximum Gasteiger partial charge on any atom is 0.419 e. The lowest BCUT2D eigenvalue weighted by Gasteiger charge is -2.46. The lowest BCUT2D eigenvalue weighted by atomic mass is 9.90. The van der Waals surface area contributed by atoms with E-state index in [1.165, 1.54) is 6.07 Å². The number of benzene rings is 1. The fourth-order valence-electron chi connectivity index (χ4n) is 3.93. The number of hydrogen-bond acceptors (Lipinski definition) is 3. The second kappa shape index (κ2) is 6.91. The van der Waals surface area contributed by atoms with Crippen LogP contribution in [0.4, 0.5) is 22.4 Å². The van der Waals surface area contributed by atoms with E-state index in [-0.39, 0.29) is 36.6 Å². The largest absolute Gasteiger partial charge is 0.419 e. The minimum absolute atomic E-state index is 0.0343. The van der Waals surface area contributed by atoms with Crippen LogP contribution in [0.3, 0.4) is 0 Å². The number of carbonyl (C=O) groups is 2. The van der Waals surface area contributed by atoms with E-state index in [1.807, 2.05) is 0 Å². The number of alkyl halides is 3. The first-order chi connectivity index (χ1) is 13.2. The number of fused-ring (bicyclic) bond motifs is 1. The molecule has 2 atom stereocenters. The van der Waals surface area contributed by atoms with Gasteiger partial charge in [0.25, 0.3) is 0 Å². The van der Waals surface area contributed by atoms with Crippen molar-refractivity contribution in [2.24, 2.45) is 0 Å². The third-order valence-corrected chi connectivity index (χ3v) is 5.52. The number of morpholine rings is 1. The minimum Gasteiger partial charge on any atom is -0.366 e. The van der Waals surface area contributed by atoms with Gasteiger partial charge in [0.2, 0.25) is 5.91 Å². The molecule has 1 aromatic rings. The molecule has 152 valence electrons. The predicted molar refractivity (Wildman–Crippen MR) is 89.0 cm³/mol. The van der Waals surface area contributed by atoms with Crippen LogP contribution in [0.5, 0.6) is 0 Å². The Kier molecular flexibility index (Phi) is 4.68. The Balaban J connectivity index is 1.34. The third-order valence-electron chi connectivity index (χ3n) is 5.52. The molecule has 0 radical (unpaired) electrons. The van der Waals surface area contributed by atoms with Crippen LogP contribution < -0.4 is 5.32 Å². The highest BCUT2D eigenvalue weighted by Gasteiger charge is 2.41. The highest BCUT2D eigenvalue weighted by molar-refractivity contribution is 5.79. The molecule has 0 bridgehead atoms. The van der Waals surface area contributed by atoms with Crippen LogP contribution in [0, 0.1) is 5.82 Å². The van der Waals surface area contributed by atoms with E-state index in [0.717, 1.165) is 12.1 Å². The van der Waals surface area contributed by atoms with Gasteiger partial charge in [-0.15, -0.1) is 0 Å². The van der Waals surface area contributed by atoms with E-state index < -0.39 is 17.6 Å². The molecule has 3 aliphatic rings. The number of carbonyl (C=O) groups excluding carboxylic acids is 2. The molecule has 28 heavy (non-hydrogen) atoms. The van der Waals surface area contributed by atoms with Gasteiger partial charge in [-0.2, -0.15) is 13.2 Å². The van der Waals surface area contributed by atoms with E-state index in [4.69, 9.17) is 4.74 Å². The normalized spacial score (nSPS) is 25.8. The van der Waals surface area contributed by atoms with Crippen LogP contribution in [0.15, 0.2) is 18.2 Å². The maximum absolute atomic E-state index is 13.7. The van der Waals surface area contributed by atoms with Crippen LogP contribution in [0.25, 0.3) is 0 Å². The molecule has 3 aliphatic heterocycles. The standard InChI is InChI=1S/C18H19F4N3O3/c19-13-5-10(1-2-12(13)18(20,21)22)11-6-25(7-11)17(27)24-4-3-15-14(8-24)23-16(26)9-28-15/h1-2,5,11,14-15H,3-4,6-9H2,(H,23,26)/t14-,15+/m1/s1. The molecular formula is C18H19F4N3O3. The molecule has 3 heterocycles. The van der Waals surface area contributed by atoms with Crippen LogP contribution in [0.2, 0.25) is 0 Å². The summed E-state index contributed by atoms with van der Waals surface area (Å²) in [5.41, 5.74) is -0.843. The number of amides is 3. The second-order valence-electron chi connectivity index (χ2n) is 7.38. The molecular weight excluding hydrogens is 382 g/mol. The Morgan fingerprint density at radius 2 is 1.93 bits per heavy atom. The van der Waals surface area contributed by atoms with Crippen molar-refractivity contribution in [2.45, 2.75) is 30.7 Å². The summed E-state index contributed by atoms with van der Waals surface area (Å²) in [5.74, 6) is -1.70. The van der Waals surface area contributed by atoms with E-state index in [9.17, 15) is 27.2 Å². The van der Waals surface area contributed by atoms with Crippen LogP contribution in [-0.4, -0.2) is 66.7 Å². The summed E-state index contributed by atoms with van der Waals surface area (Å²) >= 11 is 0. The van der Waals surface area contributed by atoms with Crippen molar-refractivity contribution in [2.75, 3.05) is 32.8 Å². The number of rotatable bonds is 1. The SMILES string of the molecule is O=C1CO[C@H]2CCN(C(=O)N3CC(c4ccc(C(F)(F)F)c(F)c4)C3)C[C@H]2N1. The van der Waals surface area contributed by atoms with Gasteiger partial charge in [-0.3, -0.25) is 4.79 Å². The van der Waals surface area contributed by atoms with Gasteiger partial charge in [0.1, 0.15) is 12.4 Å². The monoisotopic (exact) mass is 401 g/mol. The van der Waals surface area contributed by atoms with Gasteiger partial charge in [-0.05, 0) is 24.1 Å². The van der Waals surface area contributed by atoms with Crippen molar-refractivity contribution < 1.29 is 31.9 Å². The Labute approximate surface area is 158 Å². The van der Waals surface area contributed by atoms with Crippen molar-refractivity contribution >= 4 is 11.9 Å². The van der Waals surface area contributed by atoms with Gasteiger partial charge < -0.3 is 19.9 Å². The molecule has 3 saturated heterocycles. The highest BCUT2D eigenvalue weighted by Crippen LogP contribution is 2.35. The number of urea groups is 1. The Morgan fingerprint density at radius 3 is 2.61 bits per heavy atom. The number of nitrogens with one attached hydrogen (secondary N) is 1. The molecule has 10 heteroatoms. The number of halogens is 4. The lowest BCUT2D eigenvalue weighted by molar-refractivity contribution is -0.140. The molecule has 0 aromatic heterocycles. The second-order valence-corrected chi connectivity index (χ2v) is 7.38. The molecule has 3 fully saturated rings. The number of piperidine rings is 1. The number of likely N-dealkylation sites (tertiary alicyclic amines) is 2. The summed E-state index contributed by atoms with van der Waals surface area (Å²) in [6.07, 6.45) is -4.20. The first-order valence-corrected chi connectivity index (χ1v) is 9.04. The molecule has 0 aliphatic carbocycles. The Hall–Kier alpha value is -2.36. The van der Waals surface area contributed by atoms with Crippen molar-refractivity contribution in [1.82, 2.24) is 15.1 Å². The molecule has 1 aromatic carbocycles. The highest BCUT2D eigenvalue weighted by atomic mass is 19.4. The first kappa shape index (κ1) is 19.0. The average Bonchev–Trinajstić information content (AvgIpc) is 2.58. The summed E-state index contributed by atoms with van der Waals surface area (Å²) < 4.78 is 57.2. The van der Waals surface area contributed by atoms with Gasteiger partial charge >= 0.3 is 12.2 Å². The Bertz CT molecular complexity index is 795. The summed E-state index contributed by atoms with van der Waals surface area (Å²) in [7, 11) is 0. The van der Waals surface area contributed by atoms with Crippen LogP contribution >= 0.6 is 0 Å². The topological polar surface area (TPSA) is 61.9 Å². The fourth-order valence-corrected chi connectivity index (χ4v) is 3.93. The average molecular weight is 401 g/mol. The summed E-state index contributed by atoms with van der Waals surface area (Å²) in [5, 5.41) is 2.83. The summed E-state index contributed by atoms with van der Waals surface area (Å²) in [6.45, 7) is 1.53. The predicted octanol–water partition coefficient (Wildman–Crippen LogP) is 1.95. The van der Waals surface area contributed by atoms with Gasteiger partial charge in [0.05, 0.1) is 17.7 Å².